The molecule has 2 atom stereocenters. The van der Waals surface area contributed by atoms with Crippen LogP contribution in [-0.4, -0.2) is 11.0 Å². The van der Waals surface area contributed by atoms with Crippen LogP contribution in [0.1, 0.15) is 44.9 Å². The lowest BCUT2D eigenvalue weighted by atomic mass is 9.98. The average molecular weight is 226 g/mol. The normalized spacial score (nSPS) is 15.1. The third-order valence-corrected chi connectivity index (χ3v) is 3.70. The van der Waals surface area contributed by atoms with Crippen molar-refractivity contribution in [3.63, 3.8) is 0 Å². The first-order valence-electron chi connectivity index (χ1n) is 5.87. The van der Waals surface area contributed by atoms with Gasteiger partial charge in [-0.05, 0) is 18.8 Å². The second-order valence-corrected chi connectivity index (χ2v) is 5.17. The van der Waals surface area contributed by atoms with E-state index in [0.717, 1.165) is 12.5 Å². The Morgan fingerprint density at radius 3 is 2.73 bits per heavy atom. The predicted octanol–water partition coefficient (Wildman–Crippen LogP) is 3.45. The summed E-state index contributed by atoms with van der Waals surface area (Å²) in [6.45, 7) is 7.82. The van der Waals surface area contributed by atoms with Crippen LogP contribution < -0.4 is 5.32 Å². The molecule has 15 heavy (non-hydrogen) atoms. The van der Waals surface area contributed by atoms with Crippen molar-refractivity contribution in [3.8, 4) is 0 Å². The summed E-state index contributed by atoms with van der Waals surface area (Å²) in [6, 6.07) is 0.655. The molecule has 3 heteroatoms. The van der Waals surface area contributed by atoms with Crippen LogP contribution in [0.2, 0.25) is 0 Å². The van der Waals surface area contributed by atoms with Crippen molar-refractivity contribution in [1.82, 2.24) is 10.3 Å². The number of nitrogens with zero attached hydrogens (tertiary/aromatic N) is 1. The Labute approximate surface area is 97.1 Å². The second-order valence-electron chi connectivity index (χ2n) is 4.20. The average Bonchev–Trinajstić information content (AvgIpc) is 2.76. The molecule has 2 nitrogen and oxygen atoms in total. The van der Waals surface area contributed by atoms with Crippen LogP contribution in [-0.2, 0) is 6.54 Å². The lowest BCUT2D eigenvalue weighted by molar-refractivity contribution is 0.385. The van der Waals surface area contributed by atoms with Gasteiger partial charge in [-0.15, -0.1) is 11.3 Å². The van der Waals surface area contributed by atoms with Gasteiger partial charge in [-0.2, -0.15) is 0 Å². The molecule has 1 rings (SSSR count). The van der Waals surface area contributed by atoms with Gasteiger partial charge in [0.25, 0.3) is 0 Å². The van der Waals surface area contributed by atoms with Crippen LogP contribution in [0.4, 0.5) is 0 Å². The summed E-state index contributed by atoms with van der Waals surface area (Å²) in [4.78, 5) is 5.41. The zero-order valence-electron chi connectivity index (χ0n) is 9.99. The van der Waals surface area contributed by atoms with Crippen molar-refractivity contribution in [2.75, 3.05) is 0 Å². The molecule has 0 bridgehead atoms. The molecule has 0 aliphatic rings. The summed E-state index contributed by atoms with van der Waals surface area (Å²) >= 11 is 1.73. The molecule has 2 unspecified atom stereocenters. The second kappa shape index (κ2) is 6.96. The van der Waals surface area contributed by atoms with E-state index >= 15 is 0 Å². The van der Waals surface area contributed by atoms with Gasteiger partial charge in [0, 0.05) is 23.7 Å². The Bertz CT molecular complexity index is 246. The van der Waals surface area contributed by atoms with E-state index in [4.69, 9.17) is 0 Å². The van der Waals surface area contributed by atoms with E-state index in [1.165, 1.54) is 24.1 Å². The van der Waals surface area contributed by atoms with Gasteiger partial charge >= 0.3 is 0 Å². The number of hydrogen-bond donors (Lipinski definition) is 1. The first-order valence-corrected chi connectivity index (χ1v) is 6.74. The molecule has 1 heterocycles. The zero-order valence-corrected chi connectivity index (χ0v) is 10.8. The smallest absolute Gasteiger partial charge is 0.0794 e. The molecule has 0 saturated heterocycles. The molecule has 0 aliphatic carbocycles. The molecule has 0 spiro atoms. The van der Waals surface area contributed by atoms with Gasteiger partial charge in [0.15, 0.2) is 0 Å². The van der Waals surface area contributed by atoms with Crippen LogP contribution in [0.5, 0.6) is 0 Å². The highest BCUT2D eigenvalue weighted by Gasteiger charge is 2.09. The van der Waals surface area contributed by atoms with Gasteiger partial charge < -0.3 is 5.32 Å². The van der Waals surface area contributed by atoms with Crippen LogP contribution in [0, 0.1) is 5.92 Å². The third kappa shape index (κ3) is 4.76. The van der Waals surface area contributed by atoms with E-state index in [2.05, 4.69) is 31.1 Å². The van der Waals surface area contributed by atoms with Gasteiger partial charge in [0.2, 0.25) is 0 Å². The fourth-order valence-electron chi connectivity index (χ4n) is 1.62. The lowest BCUT2D eigenvalue weighted by Gasteiger charge is -2.19. The van der Waals surface area contributed by atoms with Gasteiger partial charge in [-0.1, -0.05) is 27.2 Å². The minimum absolute atomic E-state index is 0.655. The minimum atomic E-state index is 0.655. The summed E-state index contributed by atoms with van der Waals surface area (Å²) in [5.74, 6) is 0.823. The summed E-state index contributed by atoms with van der Waals surface area (Å²) < 4.78 is 0. The number of aromatic nitrogens is 1. The van der Waals surface area contributed by atoms with Gasteiger partial charge in [0.05, 0.1) is 5.51 Å². The van der Waals surface area contributed by atoms with Crippen LogP contribution in [0.3, 0.4) is 0 Å². The van der Waals surface area contributed by atoms with Gasteiger partial charge in [0.1, 0.15) is 0 Å². The quantitative estimate of drug-likeness (QED) is 0.770. The van der Waals surface area contributed by atoms with E-state index in [9.17, 15) is 0 Å². The third-order valence-electron chi connectivity index (χ3n) is 2.93. The Balaban J connectivity index is 2.27. The molecule has 0 aromatic carbocycles. The van der Waals surface area contributed by atoms with Crippen LogP contribution in [0.25, 0.3) is 0 Å². The minimum Gasteiger partial charge on any atom is -0.309 e. The van der Waals surface area contributed by atoms with Crippen molar-refractivity contribution >= 4 is 11.3 Å². The number of hydrogen-bond acceptors (Lipinski definition) is 3. The lowest BCUT2D eigenvalue weighted by Crippen LogP contribution is -2.29. The largest absolute Gasteiger partial charge is 0.309 e. The highest BCUT2D eigenvalue weighted by atomic mass is 32.1. The molecule has 86 valence electrons. The molecule has 0 aliphatic heterocycles. The Kier molecular flexibility index (Phi) is 5.88. The first kappa shape index (κ1) is 12.7. The SMILES string of the molecule is CCC(C)CC(CC)NCc1cncs1. The van der Waals surface area contributed by atoms with Crippen molar-refractivity contribution in [1.29, 1.82) is 0 Å². The molecule has 1 N–H and O–H groups in total. The first-order chi connectivity index (χ1) is 7.26. The van der Waals surface area contributed by atoms with Gasteiger partial charge in [-0.25, -0.2) is 0 Å². The predicted molar refractivity (Wildman–Crippen MR) is 67.1 cm³/mol. The maximum Gasteiger partial charge on any atom is 0.0794 e. The fraction of sp³-hybridized carbons (Fsp3) is 0.750. The highest BCUT2D eigenvalue weighted by molar-refractivity contribution is 7.09. The maximum atomic E-state index is 4.08. The number of rotatable bonds is 7. The molecule has 0 fully saturated rings. The Morgan fingerprint density at radius 2 is 2.20 bits per heavy atom. The maximum absolute atomic E-state index is 4.08. The van der Waals surface area contributed by atoms with Gasteiger partial charge in [-0.3, -0.25) is 4.98 Å². The summed E-state index contributed by atoms with van der Waals surface area (Å²) in [7, 11) is 0. The molecular formula is C12H22N2S. The van der Waals surface area contributed by atoms with E-state index in [1.807, 2.05) is 11.7 Å². The van der Waals surface area contributed by atoms with E-state index in [1.54, 1.807) is 11.3 Å². The summed E-state index contributed by atoms with van der Waals surface area (Å²) in [5.41, 5.74) is 1.90. The van der Waals surface area contributed by atoms with Crippen LogP contribution in [0.15, 0.2) is 11.7 Å². The number of thiazole rings is 1. The molecule has 1 aromatic heterocycles. The molecule has 1 aromatic rings. The van der Waals surface area contributed by atoms with Crippen LogP contribution >= 0.6 is 11.3 Å². The zero-order chi connectivity index (χ0) is 11.1. The van der Waals surface area contributed by atoms with Crippen molar-refractivity contribution in [3.05, 3.63) is 16.6 Å². The van der Waals surface area contributed by atoms with E-state index in [-0.39, 0.29) is 0 Å². The molecule has 0 radical (unpaired) electrons. The molecular weight excluding hydrogens is 204 g/mol. The molecule has 0 amide bonds. The van der Waals surface area contributed by atoms with E-state index in [0.29, 0.717) is 6.04 Å². The Morgan fingerprint density at radius 1 is 1.40 bits per heavy atom. The van der Waals surface area contributed by atoms with Crippen molar-refractivity contribution in [2.24, 2.45) is 5.92 Å². The highest BCUT2D eigenvalue weighted by Crippen LogP contribution is 2.13. The van der Waals surface area contributed by atoms with Crippen molar-refractivity contribution < 1.29 is 0 Å². The van der Waals surface area contributed by atoms with E-state index < -0.39 is 0 Å². The Hall–Kier alpha value is -0.410. The summed E-state index contributed by atoms with van der Waals surface area (Å²) in [6.07, 6.45) is 5.72. The fourth-order valence-corrected chi connectivity index (χ4v) is 2.17. The standard InChI is InChI=1S/C12H22N2S/c1-4-10(3)6-11(5-2)14-8-12-7-13-9-15-12/h7,9-11,14H,4-6,8H2,1-3H3. The van der Waals surface area contributed by atoms with Crippen molar-refractivity contribution in [2.45, 2.75) is 52.6 Å². The number of nitrogens with one attached hydrogen (secondary N) is 1. The molecule has 0 saturated carbocycles. The topological polar surface area (TPSA) is 24.9 Å². The summed E-state index contributed by atoms with van der Waals surface area (Å²) in [5, 5.41) is 3.61. The monoisotopic (exact) mass is 226 g/mol.